The lowest BCUT2D eigenvalue weighted by atomic mass is 9.98. The summed E-state index contributed by atoms with van der Waals surface area (Å²) in [6.45, 7) is 4.49. The van der Waals surface area contributed by atoms with Gasteiger partial charge in [-0.05, 0) is 42.2 Å². The van der Waals surface area contributed by atoms with Gasteiger partial charge in [0.15, 0.2) is 0 Å². The van der Waals surface area contributed by atoms with Crippen molar-refractivity contribution in [1.29, 1.82) is 0 Å². The highest BCUT2D eigenvalue weighted by atomic mass is 35.5. The molecule has 0 aliphatic rings. The standard InChI is InChI=1S/C18H22N2O.ClH/c1-3-14-11-16(10-9-13(14)2)20-18(21)17(12-19)15-7-5-4-6-8-15;/h4-11,17H,3,12,19H2,1-2H3,(H,20,21);1H. The Hall–Kier alpha value is -1.84. The Bertz CT molecular complexity index is 614. The molecule has 0 spiro atoms. The van der Waals surface area contributed by atoms with Crippen LogP contribution >= 0.6 is 12.4 Å². The van der Waals surface area contributed by atoms with E-state index in [1.54, 1.807) is 0 Å². The highest BCUT2D eigenvalue weighted by Gasteiger charge is 2.18. The summed E-state index contributed by atoms with van der Waals surface area (Å²) in [6, 6.07) is 15.7. The number of anilines is 1. The third-order valence-electron chi connectivity index (χ3n) is 3.75. The fourth-order valence-corrected chi connectivity index (χ4v) is 2.44. The first-order valence-electron chi connectivity index (χ1n) is 7.31. The highest BCUT2D eigenvalue weighted by molar-refractivity contribution is 5.96. The fraction of sp³-hybridized carbons (Fsp3) is 0.278. The number of hydrogen-bond donors (Lipinski definition) is 2. The number of rotatable bonds is 5. The van der Waals surface area contributed by atoms with Gasteiger partial charge in [0.2, 0.25) is 5.91 Å². The molecule has 2 aromatic carbocycles. The van der Waals surface area contributed by atoms with Gasteiger partial charge in [-0.15, -0.1) is 12.4 Å². The predicted octanol–water partition coefficient (Wildman–Crippen LogP) is 3.66. The van der Waals surface area contributed by atoms with Crippen molar-refractivity contribution in [3.63, 3.8) is 0 Å². The number of amides is 1. The van der Waals surface area contributed by atoms with E-state index in [1.165, 1.54) is 11.1 Å². The number of nitrogens with two attached hydrogens (primary N) is 1. The molecule has 3 nitrogen and oxygen atoms in total. The minimum atomic E-state index is -0.322. The SMILES string of the molecule is CCc1cc(NC(=O)C(CN)c2ccccc2)ccc1C.Cl. The van der Waals surface area contributed by atoms with Crippen LogP contribution in [0.1, 0.15) is 29.5 Å². The van der Waals surface area contributed by atoms with Crippen molar-refractivity contribution in [3.05, 3.63) is 65.2 Å². The molecule has 3 N–H and O–H groups in total. The lowest BCUT2D eigenvalue weighted by Gasteiger charge is -2.16. The summed E-state index contributed by atoms with van der Waals surface area (Å²) in [7, 11) is 0. The number of nitrogens with one attached hydrogen (secondary N) is 1. The maximum atomic E-state index is 12.4. The number of carbonyl (C=O) groups excluding carboxylic acids is 1. The third-order valence-corrected chi connectivity index (χ3v) is 3.75. The van der Waals surface area contributed by atoms with Gasteiger partial charge in [-0.25, -0.2) is 0 Å². The monoisotopic (exact) mass is 318 g/mol. The second-order valence-electron chi connectivity index (χ2n) is 5.18. The predicted molar refractivity (Wildman–Crippen MR) is 94.7 cm³/mol. The van der Waals surface area contributed by atoms with Crippen LogP contribution in [-0.2, 0) is 11.2 Å². The lowest BCUT2D eigenvalue weighted by molar-refractivity contribution is -0.117. The van der Waals surface area contributed by atoms with Crippen LogP contribution in [0.5, 0.6) is 0 Å². The van der Waals surface area contributed by atoms with Crippen molar-refractivity contribution in [2.24, 2.45) is 5.73 Å². The van der Waals surface area contributed by atoms with E-state index in [4.69, 9.17) is 5.73 Å². The average Bonchev–Trinajstić information content (AvgIpc) is 2.51. The molecule has 4 heteroatoms. The quantitative estimate of drug-likeness (QED) is 0.884. The zero-order valence-electron chi connectivity index (χ0n) is 13.0. The maximum Gasteiger partial charge on any atom is 0.233 e. The summed E-state index contributed by atoms with van der Waals surface area (Å²) in [5.74, 6) is -0.382. The van der Waals surface area contributed by atoms with E-state index in [0.717, 1.165) is 17.7 Å². The summed E-state index contributed by atoms with van der Waals surface area (Å²) in [5, 5.41) is 2.97. The molecule has 2 aromatic rings. The van der Waals surface area contributed by atoms with Crippen LogP contribution in [-0.4, -0.2) is 12.5 Å². The average molecular weight is 319 g/mol. The van der Waals surface area contributed by atoms with Crippen molar-refractivity contribution in [2.45, 2.75) is 26.2 Å². The first-order chi connectivity index (χ1) is 10.2. The number of hydrogen-bond acceptors (Lipinski definition) is 2. The Kier molecular flexibility index (Phi) is 7.09. The van der Waals surface area contributed by atoms with Crippen LogP contribution in [0.3, 0.4) is 0 Å². The van der Waals surface area contributed by atoms with Crippen molar-refractivity contribution in [3.8, 4) is 0 Å². The number of halogens is 1. The molecule has 0 radical (unpaired) electrons. The molecule has 118 valence electrons. The molecule has 2 rings (SSSR count). The van der Waals surface area contributed by atoms with Gasteiger partial charge >= 0.3 is 0 Å². The topological polar surface area (TPSA) is 55.1 Å². The van der Waals surface area contributed by atoms with Gasteiger partial charge in [0.25, 0.3) is 0 Å². The summed E-state index contributed by atoms with van der Waals surface area (Å²) >= 11 is 0. The van der Waals surface area contributed by atoms with Gasteiger partial charge in [-0.1, -0.05) is 43.3 Å². The van der Waals surface area contributed by atoms with E-state index >= 15 is 0 Å². The summed E-state index contributed by atoms with van der Waals surface area (Å²) in [4.78, 5) is 12.4. The van der Waals surface area contributed by atoms with Gasteiger partial charge in [0.1, 0.15) is 0 Å². The van der Waals surface area contributed by atoms with Gasteiger partial charge in [0.05, 0.1) is 5.92 Å². The first kappa shape index (κ1) is 18.2. The molecular weight excluding hydrogens is 296 g/mol. The Labute approximate surface area is 138 Å². The van der Waals surface area contributed by atoms with Crippen molar-refractivity contribution in [1.82, 2.24) is 0 Å². The second kappa shape index (κ2) is 8.57. The maximum absolute atomic E-state index is 12.4. The highest BCUT2D eigenvalue weighted by Crippen LogP contribution is 2.20. The van der Waals surface area contributed by atoms with Crippen molar-refractivity contribution >= 4 is 24.0 Å². The Balaban J connectivity index is 0.00000242. The van der Waals surface area contributed by atoms with Gasteiger partial charge in [-0.3, -0.25) is 4.79 Å². The van der Waals surface area contributed by atoms with Gasteiger partial charge in [0, 0.05) is 12.2 Å². The molecule has 0 aromatic heterocycles. The summed E-state index contributed by atoms with van der Waals surface area (Å²) < 4.78 is 0. The zero-order valence-corrected chi connectivity index (χ0v) is 13.8. The van der Waals surface area contributed by atoms with Crippen LogP contribution in [0.25, 0.3) is 0 Å². The Morgan fingerprint density at radius 2 is 1.86 bits per heavy atom. The number of aryl methyl sites for hydroxylation is 2. The minimum Gasteiger partial charge on any atom is -0.329 e. The van der Waals surface area contributed by atoms with Crippen LogP contribution in [0.15, 0.2) is 48.5 Å². The molecule has 22 heavy (non-hydrogen) atoms. The molecule has 1 atom stereocenters. The molecule has 0 aliphatic heterocycles. The molecule has 0 bridgehead atoms. The summed E-state index contributed by atoms with van der Waals surface area (Å²) in [6.07, 6.45) is 0.953. The smallest absolute Gasteiger partial charge is 0.233 e. The van der Waals surface area contributed by atoms with E-state index in [-0.39, 0.29) is 24.2 Å². The van der Waals surface area contributed by atoms with Crippen LogP contribution in [0.2, 0.25) is 0 Å². The molecule has 0 saturated carbocycles. The molecule has 0 heterocycles. The van der Waals surface area contributed by atoms with Crippen molar-refractivity contribution in [2.75, 3.05) is 11.9 Å². The van der Waals surface area contributed by atoms with E-state index in [2.05, 4.69) is 19.2 Å². The molecule has 1 unspecified atom stereocenters. The largest absolute Gasteiger partial charge is 0.329 e. The summed E-state index contributed by atoms with van der Waals surface area (Å²) in [5.41, 5.74) is 10.0. The van der Waals surface area contributed by atoms with Gasteiger partial charge in [-0.2, -0.15) is 0 Å². The number of carbonyl (C=O) groups is 1. The number of benzene rings is 2. The molecule has 0 saturated heterocycles. The fourth-order valence-electron chi connectivity index (χ4n) is 2.44. The van der Waals surface area contributed by atoms with E-state index in [1.807, 2.05) is 48.5 Å². The van der Waals surface area contributed by atoms with Gasteiger partial charge < -0.3 is 11.1 Å². The van der Waals surface area contributed by atoms with Crippen LogP contribution < -0.4 is 11.1 Å². The third kappa shape index (κ3) is 4.33. The Morgan fingerprint density at radius 1 is 1.18 bits per heavy atom. The molecule has 1 amide bonds. The zero-order chi connectivity index (χ0) is 15.2. The minimum absolute atomic E-state index is 0. The first-order valence-corrected chi connectivity index (χ1v) is 7.31. The van der Waals surface area contributed by atoms with Crippen molar-refractivity contribution < 1.29 is 4.79 Å². The van der Waals surface area contributed by atoms with E-state index in [0.29, 0.717) is 6.54 Å². The van der Waals surface area contributed by atoms with E-state index in [9.17, 15) is 4.79 Å². The molecular formula is C18H23ClN2O. The lowest BCUT2D eigenvalue weighted by Crippen LogP contribution is -2.27. The molecule has 0 fully saturated rings. The molecule has 0 aliphatic carbocycles. The Morgan fingerprint density at radius 3 is 2.45 bits per heavy atom. The normalized spacial score (nSPS) is 11.4. The van der Waals surface area contributed by atoms with Crippen LogP contribution in [0, 0.1) is 6.92 Å². The second-order valence-corrected chi connectivity index (χ2v) is 5.18. The van der Waals surface area contributed by atoms with Crippen LogP contribution in [0.4, 0.5) is 5.69 Å². The van der Waals surface area contributed by atoms with E-state index < -0.39 is 0 Å².